The Bertz CT molecular complexity index is 732. The third-order valence-corrected chi connectivity index (χ3v) is 5.23. The van der Waals surface area contributed by atoms with E-state index in [1.165, 1.54) is 11.8 Å². The predicted octanol–water partition coefficient (Wildman–Crippen LogP) is 2.46. The van der Waals surface area contributed by atoms with Gasteiger partial charge in [-0.15, -0.1) is 0 Å². The predicted molar refractivity (Wildman–Crippen MR) is 97.6 cm³/mol. The van der Waals surface area contributed by atoms with Crippen LogP contribution in [-0.2, 0) is 14.3 Å². The Balaban J connectivity index is 1.56. The molecule has 25 heavy (non-hydrogen) atoms. The maximum atomic E-state index is 12.1. The minimum atomic E-state index is -0.0706. The molecule has 2 heterocycles. The second-order valence-electron chi connectivity index (χ2n) is 5.62. The average molecular weight is 382 g/mol. The molecule has 0 radical (unpaired) electrons. The van der Waals surface area contributed by atoms with Gasteiger partial charge in [-0.1, -0.05) is 29.4 Å². The number of amides is 1. The number of rotatable bonds is 6. The van der Waals surface area contributed by atoms with Gasteiger partial charge in [-0.05, 0) is 24.6 Å². The molecule has 1 unspecified atom stereocenters. The van der Waals surface area contributed by atoms with Gasteiger partial charge in [0.1, 0.15) is 0 Å². The number of imidazole rings is 1. The lowest BCUT2D eigenvalue weighted by molar-refractivity contribution is -0.121. The van der Waals surface area contributed by atoms with Gasteiger partial charge in [0.15, 0.2) is 5.16 Å². The summed E-state index contributed by atoms with van der Waals surface area (Å²) in [6.07, 6.45) is 3.51. The molecule has 0 bridgehead atoms. The van der Waals surface area contributed by atoms with E-state index in [9.17, 15) is 4.79 Å². The summed E-state index contributed by atoms with van der Waals surface area (Å²) >= 11 is 7.58. The second-order valence-corrected chi connectivity index (χ2v) is 6.97. The van der Waals surface area contributed by atoms with Crippen LogP contribution in [0.2, 0.25) is 5.02 Å². The normalized spacial score (nSPS) is 17.4. The molecule has 1 fully saturated rings. The Kier molecular flexibility index (Phi) is 6.36. The van der Waals surface area contributed by atoms with Crippen molar-refractivity contribution in [1.29, 1.82) is 0 Å². The Morgan fingerprint density at radius 2 is 2.36 bits per heavy atom. The largest absolute Gasteiger partial charge is 0.376 e. The van der Waals surface area contributed by atoms with Crippen molar-refractivity contribution in [2.75, 3.05) is 32.1 Å². The number of nitrogens with zero attached hydrogens (tertiary/aromatic N) is 2. The molecule has 1 N–H and O–H groups in total. The van der Waals surface area contributed by atoms with E-state index in [1.807, 2.05) is 35.9 Å². The van der Waals surface area contributed by atoms with Crippen LogP contribution in [0.25, 0.3) is 5.69 Å². The van der Waals surface area contributed by atoms with Crippen LogP contribution in [0.4, 0.5) is 0 Å². The first-order chi connectivity index (χ1) is 12.1. The van der Waals surface area contributed by atoms with Crippen molar-refractivity contribution in [3.05, 3.63) is 41.2 Å². The first-order valence-electron chi connectivity index (χ1n) is 8.03. The number of ether oxygens (including phenoxy) is 2. The average Bonchev–Trinajstić information content (AvgIpc) is 3.10. The lowest BCUT2D eigenvalue weighted by Gasteiger charge is -2.23. The maximum absolute atomic E-state index is 12.1. The van der Waals surface area contributed by atoms with Gasteiger partial charge < -0.3 is 14.8 Å². The smallest absolute Gasteiger partial charge is 0.230 e. The topological polar surface area (TPSA) is 65.4 Å². The number of benzene rings is 1. The number of carbonyl (C=O) groups excluding carboxylic acids is 1. The molecule has 1 aliphatic rings. The van der Waals surface area contributed by atoms with Gasteiger partial charge in [0, 0.05) is 24.0 Å². The van der Waals surface area contributed by atoms with E-state index in [2.05, 4.69) is 10.3 Å². The highest BCUT2D eigenvalue weighted by atomic mass is 35.5. The number of hydrogen-bond donors (Lipinski definition) is 1. The Hall–Kier alpha value is -1.54. The standard InChI is InChI=1S/C17H20ClN3O3S/c1-12-14(18)3-2-4-15(12)21-6-5-19-17(21)25-11-16(22)20-9-13-10-23-7-8-24-13/h2-6,13H,7-11H2,1H3,(H,20,22). The van der Waals surface area contributed by atoms with Crippen LogP contribution in [0.3, 0.4) is 0 Å². The van der Waals surface area contributed by atoms with E-state index < -0.39 is 0 Å². The second kappa shape index (κ2) is 8.71. The van der Waals surface area contributed by atoms with Crippen molar-refractivity contribution in [3.63, 3.8) is 0 Å². The number of halogens is 1. The fourth-order valence-corrected chi connectivity index (χ4v) is 3.47. The number of carbonyl (C=O) groups is 1. The van der Waals surface area contributed by atoms with Gasteiger partial charge >= 0.3 is 0 Å². The van der Waals surface area contributed by atoms with Gasteiger partial charge in [-0.25, -0.2) is 4.98 Å². The van der Waals surface area contributed by atoms with E-state index in [1.54, 1.807) is 6.20 Å². The monoisotopic (exact) mass is 381 g/mol. The summed E-state index contributed by atoms with van der Waals surface area (Å²) in [5.74, 6) is 0.223. The first-order valence-corrected chi connectivity index (χ1v) is 9.39. The molecule has 0 saturated carbocycles. The van der Waals surface area contributed by atoms with Crippen molar-refractivity contribution < 1.29 is 14.3 Å². The van der Waals surface area contributed by atoms with Crippen molar-refractivity contribution in [2.24, 2.45) is 0 Å². The fourth-order valence-electron chi connectivity index (χ4n) is 2.50. The lowest BCUT2D eigenvalue weighted by Crippen LogP contribution is -2.40. The van der Waals surface area contributed by atoms with E-state index in [0.29, 0.717) is 31.4 Å². The van der Waals surface area contributed by atoms with E-state index in [-0.39, 0.29) is 17.8 Å². The van der Waals surface area contributed by atoms with Crippen LogP contribution in [0, 0.1) is 6.92 Å². The first kappa shape index (κ1) is 18.3. The highest BCUT2D eigenvalue weighted by Gasteiger charge is 2.16. The minimum Gasteiger partial charge on any atom is -0.376 e. The molecular weight excluding hydrogens is 362 g/mol. The number of nitrogens with one attached hydrogen (secondary N) is 1. The number of aromatic nitrogens is 2. The molecule has 1 aromatic carbocycles. The van der Waals surface area contributed by atoms with E-state index in [0.717, 1.165) is 16.4 Å². The molecule has 8 heteroatoms. The summed E-state index contributed by atoms with van der Waals surface area (Å²) in [6, 6.07) is 5.74. The molecule has 1 amide bonds. The molecule has 2 aromatic rings. The Morgan fingerprint density at radius 3 is 3.16 bits per heavy atom. The molecule has 1 aliphatic heterocycles. The Morgan fingerprint density at radius 1 is 1.48 bits per heavy atom. The molecule has 0 aliphatic carbocycles. The number of thioether (sulfide) groups is 1. The molecule has 3 rings (SSSR count). The maximum Gasteiger partial charge on any atom is 0.230 e. The Labute approximate surface area is 155 Å². The van der Waals surface area contributed by atoms with Gasteiger partial charge in [0.25, 0.3) is 0 Å². The van der Waals surface area contributed by atoms with E-state index >= 15 is 0 Å². The van der Waals surface area contributed by atoms with Crippen LogP contribution < -0.4 is 5.32 Å². The molecular formula is C17H20ClN3O3S. The summed E-state index contributed by atoms with van der Waals surface area (Å²) in [5.41, 5.74) is 1.93. The zero-order valence-electron chi connectivity index (χ0n) is 13.9. The molecule has 1 aromatic heterocycles. The summed E-state index contributed by atoms with van der Waals surface area (Å²) in [4.78, 5) is 16.4. The SMILES string of the molecule is Cc1c(Cl)cccc1-n1ccnc1SCC(=O)NCC1COCCO1. The molecule has 1 saturated heterocycles. The van der Waals surface area contributed by atoms with Crippen LogP contribution in [-0.4, -0.2) is 53.7 Å². The van der Waals surface area contributed by atoms with Crippen molar-refractivity contribution in [1.82, 2.24) is 14.9 Å². The minimum absolute atomic E-state index is 0.0588. The van der Waals surface area contributed by atoms with Crippen LogP contribution in [0.15, 0.2) is 35.7 Å². The van der Waals surface area contributed by atoms with Crippen LogP contribution in [0.1, 0.15) is 5.56 Å². The summed E-state index contributed by atoms with van der Waals surface area (Å²) < 4.78 is 12.8. The van der Waals surface area contributed by atoms with Crippen LogP contribution in [0.5, 0.6) is 0 Å². The van der Waals surface area contributed by atoms with E-state index in [4.69, 9.17) is 21.1 Å². The quantitative estimate of drug-likeness (QED) is 0.778. The molecule has 6 nitrogen and oxygen atoms in total. The zero-order chi connectivity index (χ0) is 17.6. The fraction of sp³-hybridized carbons (Fsp3) is 0.412. The zero-order valence-corrected chi connectivity index (χ0v) is 15.5. The highest BCUT2D eigenvalue weighted by molar-refractivity contribution is 7.99. The van der Waals surface area contributed by atoms with Crippen LogP contribution >= 0.6 is 23.4 Å². The van der Waals surface area contributed by atoms with Gasteiger partial charge in [0.05, 0.1) is 37.4 Å². The van der Waals surface area contributed by atoms with Gasteiger partial charge in [0.2, 0.25) is 5.91 Å². The lowest BCUT2D eigenvalue weighted by atomic mass is 10.2. The molecule has 1 atom stereocenters. The highest BCUT2D eigenvalue weighted by Crippen LogP contribution is 2.26. The summed E-state index contributed by atoms with van der Waals surface area (Å²) in [7, 11) is 0. The summed E-state index contributed by atoms with van der Waals surface area (Å²) in [6.45, 7) is 4.13. The summed E-state index contributed by atoms with van der Waals surface area (Å²) in [5, 5.41) is 4.32. The third-order valence-electron chi connectivity index (χ3n) is 3.85. The van der Waals surface area contributed by atoms with Gasteiger partial charge in [-0.2, -0.15) is 0 Å². The number of hydrogen-bond acceptors (Lipinski definition) is 5. The van der Waals surface area contributed by atoms with Gasteiger partial charge in [-0.3, -0.25) is 9.36 Å². The van der Waals surface area contributed by atoms with Crippen molar-refractivity contribution in [2.45, 2.75) is 18.2 Å². The van der Waals surface area contributed by atoms with Crippen molar-refractivity contribution >= 4 is 29.3 Å². The molecule has 134 valence electrons. The molecule has 0 spiro atoms. The van der Waals surface area contributed by atoms with Crippen molar-refractivity contribution in [3.8, 4) is 5.69 Å². The third kappa shape index (κ3) is 4.76.